The standard InChI is InChI=1S/C19H27N3O2/c1-14(2)24-13-11-20-19(23)17-16-10-6-7-12-22(16)18(21-17)15-8-4-3-5-9-15/h6-7,10,12,14-15H,3-5,8-9,11,13H2,1-2H3,(H,20,23). The zero-order chi connectivity index (χ0) is 16.9. The van der Waals surface area contributed by atoms with Gasteiger partial charge in [0.15, 0.2) is 5.69 Å². The van der Waals surface area contributed by atoms with Gasteiger partial charge in [-0.1, -0.05) is 25.3 Å². The Hall–Kier alpha value is -1.88. The summed E-state index contributed by atoms with van der Waals surface area (Å²) >= 11 is 0. The fourth-order valence-electron chi connectivity index (χ4n) is 3.42. The molecule has 2 heterocycles. The number of pyridine rings is 1. The van der Waals surface area contributed by atoms with Crippen LogP contribution in [0.3, 0.4) is 0 Å². The minimum absolute atomic E-state index is 0.117. The van der Waals surface area contributed by atoms with Crippen LogP contribution in [-0.2, 0) is 4.74 Å². The monoisotopic (exact) mass is 329 g/mol. The molecule has 0 aliphatic heterocycles. The minimum atomic E-state index is -0.117. The fraction of sp³-hybridized carbons (Fsp3) is 0.579. The van der Waals surface area contributed by atoms with Crippen LogP contribution in [0.1, 0.15) is 68.2 Å². The first-order valence-electron chi connectivity index (χ1n) is 9.03. The van der Waals surface area contributed by atoms with Crippen LogP contribution in [0.2, 0.25) is 0 Å². The molecule has 1 fully saturated rings. The van der Waals surface area contributed by atoms with Gasteiger partial charge in [-0.05, 0) is 38.8 Å². The molecule has 0 unspecified atom stereocenters. The summed E-state index contributed by atoms with van der Waals surface area (Å²) in [7, 11) is 0. The second-order valence-electron chi connectivity index (χ2n) is 6.78. The molecule has 2 aromatic heterocycles. The highest BCUT2D eigenvalue weighted by Crippen LogP contribution is 2.33. The molecule has 0 radical (unpaired) electrons. The molecule has 1 aliphatic rings. The topological polar surface area (TPSA) is 55.6 Å². The predicted molar refractivity (Wildman–Crippen MR) is 94.4 cm³/mol. The van der Waals surface area contributed by atoms with E-state index in [1.807, 2.05) is 38.2 Å². The number of nitrogens with zero attached hydrogens (tertiary/aromatic N) is 2. The molecule has 1 saturated carbocycles. The number of rotatable bonds is 6. The van der Waals surface area contributed by atoms with Gasteiger partial charge in [-0.2, -0.15) is 0 Å². The van der Waals surface area contributed by atoms with Crippen LogP contribution in [0.4, 0.5) is 0 Å². The molecule has 3 rings (SSSR count). The zero-order valence-corrected chi connectivity index (χ0v) is 14.6. The number of amides is 1. The van der Waals surface area contributed by atoms with Gasteiger partial charge >= 0.3 is 0 Å². The van der Waals surface area contributed by atoms with Gasteiger partial charge in [-0.3, -0.25) is 4.79 Å². The maximum absolute atomic E-state index is 12.6. The van der Waals surface area contributed by atoms with Gasteiger partial charge in [0.05, 0.1) is 18.2 Å². The SMILES string of the molecule is CC(C)OCCNC(=O)c1nc(C2CCCCC2)n2ccccc12. The van der Waals surface area contributed by atoms with Crippen LogP contribution in [-0.4, -0.2) is 34.5 Å². The Morgan fingerprint density at radius 3 is 2.88 bits per heavy atom. The van der Waals surface area contributed by atoms with Crippen molar-refractivity contribution in [2.75, 3.05) is 13.2 Å². The van der Waals surface area contributed by atoms with Crippen LogP contribution >= 0.6 is 0 Å². The number of fused-ring (bicyclic) bond motifs is 1. The van der Waals surface area contributed by atoms with E-state index in [0.29, 0.717) is 24.8 Å². The highest BCUT2D eigenvalue weighted by atomic mass is 16.5. The third kappa shape index (κ3) is 3.78. The number of hydrogen-bond donors (Lipinski definition) is 1. The smallest absolute Gasteiger partial charge is 0.272 e. The van der Waals surface area contributed by atoms with Crippen molar-refractivity contribution in [3.63, 3.8) is 0 Å². The van der Waals surface area contributed by atoms with Crippen molar-refractivity contribution in [2.24, 2.45) is 0 Å². The Labute approximate surface area is 143 Å². The van der Waals surface area contributed by atoms with E-state index in [1.54, 1.807) is 0 Å². The fourth-order valence-corrected chi connectivity index (χ4v) is 3.42. The molecule has 5 nitrogen and oxygen atoms in total. The normalized spacial score (nSPS) is 16.0. The third-order valence-corrected chi connectivity index (χ3v) is 4.60. The van der Waals surface area contributed by atoms with E-state index in [2.05, 4.69) is 9.72 Å². The van der Waals surface area contributed by atoms with Gasteiger partial charge in [-0.25, -0.2) is 4.98 Å². The summed E-state index contributed by atoms with van der Waals surface area (Å²) in [6.07, 6.45) is 8.33. The summed E-state index contributed by atoms with van der Waals surface area (Å²) in [6.45, 7) is 4.99. The van der Waals surface area contributed by atoms with Gasteiger partial charge in [0.25, 0.3) is 5.91 Å². The van der Waals surface area contributed by atoms with Crippen molar-refractivity contribution in [3.05, 3.63) is 35.9 Å². The second-order valence-corrected chi connectivity index (χ2v) is 6.78. The lowest BCUT2D eigenvalue weighted by Crippen LogP contribution is -2.28. The highest BCUT2D eigenvalue weighted by Gasteiger charge is 2.24. The summed E-state index contributed by atoms with van der Waals surface area (Å²) in [4.78, 5) is 17.3. The maximum atomic E-state index is 12.6. The zero-order valence-electron chi connectivity index (χ0n) is 14.6. The number of nitrogens with one attached hydrogen (secondary N) is 1. The molecule has 130 valence electrons. The Balaban J connectivity index is 1.78. The Bertz CT molecular complexity index is 687. The summed E-state index contributed by atoms with van der Waals surface area (Å²) < 4.78 is 7.57. The first-order valence-corrected chi connectivity index (χ1v) is 9.03. The molecule has 1 amide bonds. The molecule has 2 aromatic rings. The molecule has 1 aliphatic carbocycles. The second kappa shape index (κ2) is 7.79. The van der Waals surface area contributed by atoms with E-state index in [1.165, 1.54) is 19.3 Å². The summed E-state index contributed by atoms with van der Waals surface area (Å²) in [6, 6.07) is 5.93. The summed E-state index contributed by atoms with van der Waals surface area (Å²) in [5, 5.41) is 2.92. The van der Waals surface area contributed by atoms with Crippen molar-refractivity contribution in [3.8, 4) is 0 Å². The quantitative estimate of drug-likeness (QED) is 0.825. The van der Waals surface area contributed by atoms with Crippen LogP contribution < -0.4 is 5.32 Å². The number of ether oxygens (including phenoxy) is 1. The highest BCUT2D eigenvalue weighted by molar-refractivity contribution is 5.99. The van der Waals surface area contributed by atoms with E-state index in [9.17, 15) is 4.79 Å². The number of carbonyl (C=O) groups is 1. The van der Waals surface area contributed by atoms with Gasteiger partial charge in [-0.15, -0.1) is 0 Å². The van der Waals surface area contributed by atoms with Crippen LogP contribution in [0, 0.1) is 0 Å². The molecule has 1 N–H and O–H groups in total. The molecule has 24 heavy (non-hydrogen) atoms. The molecule has 0 saturated heterocycles. The van der Waals surface area contributed by atoms with Gasteiger partial charge in [0.2, 0.25) is 0 Å². The van der Waals surface area contributed by atoms with Crippen LogP contribution in [0.5, 0.6) is 0 Å². The lowest BCUT2D eigenvalue weighted by atomic mass is 9.89. The molecule has 0 bridgehead atoms. The lowest BCUT2D eigenvalue weighted by molar-refractivity contribution is 0.0745. The molecule has 0 aromatic carbocycles. The molecular formula is C19H27N3O2. The van der Waals surface area contributed by atoms with Crippen molar-refractivity contribution in [2.45, 2.75) is 58.0 Å². The number of aromatic nitrogens is 2. The largest absolute Gasteiger partial charge is 0.377 e. The lowest BCUT2D eigenvalue weighted by Gasteiger charge is -2.20. The van der Waals surface area contributed by atoms with E-state index in [4.69, 9.17) is 9.72 Å². The summed E-state index contributed by atoms with van der Waals surface area (Å²) in [5.74, 6) is 1.38. The van der Waals surface area contributed by atoms with E-state index >= 15 is 0 Å². The predicted octanol–water partition coefficient (Wildman–Crippen LogP) is 3.54. The first kappa shape index (κ1) is 17.0. The Morgan fingerprint density at radius 1 is 1.33 bits per heavy atom. The van der Waals surface area contributed by atoms with Crippen molar-refractivity contribution >= 4 is 11.4 Å². The van der Waals surface area contributed by atoms with Gasteiger partial charge in [0, 0.05) is 18.7 Å². The van der Waals surface area contributed by atoms with E-state index in [0.717, 1.165) is 24.2 Å². The number of carbonyl (C=O) groups excluding carboxylic acids is 1. The third-order valence-electron chi connectivity index (χ3n) is 4.60. The number of hydrogen-bond acceptors (Lipinski definition) is 3. The first-order chi connectivity index (χ1) is 11.7. The van der Waals surface area contributed by atoms with Crippen LogP contribution in [0.25, 0.3) is 5.52 Å². The van der Waals surface area contributed by atoms with E-state index < -0.39 is 0 Å². The number of imidazole rings is 1. The van der Waals surface area contributed by atoms with Crippen molar-refractivity contribution in [1.29, 1.82) is 0 Å². The van der Waals surface area contributed by atoms with Gasteiger partial charge in [0.1, 0.15) is 5.82 Å². The van der Waals surface area contributed by atoms with Crippen LogP contribution in [0.15, 0.2) is 24.4 Å². The van der Waals surface area contributed by atoms with Crippen molar-refractivity contribution in [1.82, 2.24) is 14.7 Å². The average molecular weight is 329 g/mol. The Kier molecular flexibility index (Phi) is 5.51. The minimum Gasteiger partial charge on any atom is -0.377 e. The summed E-state index contributed by atoms with van der Waals surface area (Å²) in [5.41, 5.74) is 1.42. The molecule has 0 atom stereocenters. The van der Waals surface area contributed by atoms with Gasteiger partial charge < -0.3 is 14.5 Å². The molecular weight excluding hydrogens is 302 g/mol. The van der Waals surface area contributed by atoms with E-state index in [-0.39, 0.29) is 12.0 Å². The Morgan fingerprint density at radius 2 is 2.12 bits per heavy atom. The molecule has 0 spiro atoms. The maximum Gasteiger partial charge on any atom is 0.272 e. The van der Waals surface area contributed by atoms with Crippen molar-refractivity contribution < 1.29 is 9.53 Å². The molecule has 5 heteroatoms. The average Bonchev–Trinajstić information content (AvgIpc) is 2.99.